The van der Waals surface area contributed by atoms with E-state index in [9.17, 15) is 9.59 Å². The molecule has 0 unspecified atom stereocenters. The fourth-order valence-corrected chi connectivity index (χ4v) is 4.60. The van der Waals surface area contributed by atoms with Crippen LogP contribution in [0.1, 0.15) is 59.8 Å². The molecule has 2 aliphatic rings. The molecule has 1 fully saturated rings. The van der Waals surface area contributed by atoms with Gasteiger partial charge in [0.05, 0.1) is 11.7 Å². The number of carbonyl (C=O) groups excluding carboxylic acids is 1. The van der Waals surface area contributed by atoms with Crippen molar-refractivity contribution in [3.05, 3.63) is 63.7 Å². The van der Waals surface area contributed by atoms with Crippen LogP contribution in [0, 0.1) is 0 Å². The molecule has 2 N–H and O–H groups in total. The fourth-order valence-electron chi connectivity index (χ4n) is 4.60. The highest BCUT2D eigenvalue weighted by Crippen LogP contribution is 2.28. The minimum Gasteiger partial charge on any atom is -0.361 e. The van der Waals surface area contributed by atoms with Crippen LogP contribution in [0.2, 0.25) is 0 Å². The van der Waals surface area contributed by atoms with E-state index in [0.717, 1.165) is 67.1 Å². The lowest BCUT2D eigenvalue weighted by molar-refractivity contribution is 0.0921. The van der Waals surface area contributed by atoms with Crippen LogP contribution in [0.3, 0.4) is 0 Å². The highest BCUT2D eigenvalue weighted by Gasteiger charge is 2.26. The minimum atomic E-state index is -0.0284. The zero-order valence-electron chi connectivity index (χ0n) is 15.8. The van der Waals surface area contributed by atoms with Crippen molar-refractivity contribution in [1.82, 2.24) is 20.1 Å². The summed E-state index contributed by atoms with van der Waals surface area (Å²) in [6.45, 7) is 0. The van der Waals surface area contributed by atoms with Gasteiger partial charge in [-0.25, -0.2) is 4.68 Å². The van der Waals surface area contributed by atoms with Crippen molar-refractivity contribution in [2.24, 2.45) is 0 Å². The third-order valence-electron chi connectivity index (χ3n) is 6.18. The average molecular weight is 376 g/mol. The fraction of sp³-hybridized carbons (Fsp3) is 0.409. The first kappa shape index (κ1) is 17.2. The highest BCUT2D eigenvalue weighted by molar-refractivity contribution is 5.98. The summed E-state index contributed by atoms with van der Waals surface area (Å²) in [6.07, 6.45) is 8.41. The molecule has 2 aliphatic carbocycles. The number of benzene rings is 1. The standard InChI is InChI=1S/C22H24N4O2/c27-21-13-14-2-1-3-20(14)25-26(21)18-7-5-17(6-8-18)24-22(28)16-4-9-19-15(12-16)10-11-23-19/h4,9-13,17-18,23H,1-3,5-8H2,(H,24,28). The molecule has 2 heterocycles. The van der Waals surface area contributed by atoms with Crippen molar-refractivity contribution in [2.75, 3.05) is 0 Å². The SMILES string of the molecule is O=C(NC1CCC(n2nc3c(cc2=O)CCC3)CC1)c1ccc2[nH]ccc2c1. The maximum atomic E-state index is 12.6. The molecule has 28 heavy (non-hydrogen) atoms. The van der Waals surface area contributed by atoms with Crippen LogP contribution < -0.4 is 10.9 Å². The number of aryl methyl sites for hydroxylation is 2. The van der Waals surface area contributed by atoms with Crippen LogP contribution in [-0.4, -0.2) is 26.7 Å². The van der Waals surface area contributed by atoms with Gasteiger partial charge in [0.25, 0.3) is 11.5 Å². The number of carbonyl (C=O) groups is 1. The van der Waals surface area contributed by atoms with Gasteiger partial charge in [-0.2, -0.15) is 5.10 Å². The number of hydrogen-bond acceptors (Lipinski definition) is 3. The van der Waals surface area contributed by atoms with Crippen molar-refractivity contribution in [3.8, 4) is 0 Å². The van der Waals surface area contributed by atoms with E-state index in [0.29, 0.717) is 5.56 Å². The summed E-state index contributed by atoms with van der Waals surface area (Å²) in [5.41, 5.74) is 3.96. The average Bonchev–Trinajstić information content (AvgIpc) is 3.36. The van der Waals surface area contributed by atoms with E-state index >= 15 is 0 Å². The van der Waals surface area contributed by atoms with Gasteiger partial charge in [0, 0.05) is 34.8 Å². The number of H-pyrrole nitrogens is 1. The number of fused-ring (bicyclic) bond motifs is 2. The zero-order chi connectivity index (χ0) is 19.1. The predicted octanol–water partition coefficient (Wildman–Crippen LogP) is 3.13. The van der Waals surface area contributed by atoms with Gasteiger partial charge in [-0.3, -0.25) is 9.59 Å². The summed E-state index contributed by atoms with van der Waals surface area (Å²) in [6, 6.07) is 9.75. The van der Waals surface area contributed by atoms with E-state index in [4.69, 9.17) is 0 Å². The molecule has 0 atom stereocenters. The molecular formula is C22H24N4O2. The second-order valence-electron chi connectivity index (χ2n) is 8.01. The number of hydrogen-bond donors (Lipinski definition) is 2. The van der Waals surface area contributed by atoms with E-state index in [1.54, 1.807) is 10.7 Å². The first-order valence-electron chi connectivity index (χ1n) is 10.2. The van der Waals surface area contributed by atoms with Crippen LogP contribution >= 0.6 is 0 Å². The summed E-state index contributed by atoms with van der Waals surface area (Å²) in [5, 5.41) is 8.85. The van der Waals surface area contributed by atoms with E-state index in [1.807, 2.05) is 30.5 Å². The second kappa shape index (κ2) is 6.93. The van der Waals surface area contributed by atoms with E-state index < -0.39 is 0 Å². The lowest BCUT2D eigenvalue weighted by atomic mass is 9.91. The number of rotatable bonds is 3. The van der Waals surface area contributed by atoms with Gasteiger partial charge in [0.2, 0.25) is 0 Å². The van der Waals surface area contributed by atoms with Gasteiger partial charge >= 0.3 is 0 Å². The molecule has 2 aromatic heterocycles. The Bertz CT molecular complexity index is 1090. The Balaban J connectivity index is 1.23. The number of nitrogens with zero attached hydrogens (tertiary/aromatic N) is 2. The van der Waals surface area contributed by atoms with Gasteiger partial charge in [0.1, 0.15) is 0 Å². The Hall–Kier alpha value is -2.89. The normalized spacial score (nSPS) is 21.6. The summed E-state index contributed by atoms with van der Waals surface area (Å²) in [7, 11) is 0. The third-order valence-corrected chi connectivity index (χ3v) is 6.18. The largest absolute Gasteiger partial charge is 0.361 e. The lowest BCUT2D eigenvalue weighted by Gasteiger charge is -2.29. The summed E-state index contributed by atoms with van der Waals surface area (Å²) < 4.78 is 1.70. The number of nitrogens with one attached hydrogen (secondary N) is 2. The summed E-state index contributed by atoms with van der Waals surface area (Å²) >= 11 is 0. The maximum Gasteiger partial charge on any atom is 0.267 e. The molecule has 6 heteroatoms. The second-order valence-corrected chi connectivity index (χ2v) is 8.01. The molecule has 0 aliphatic heterocycles. The first-order valence-corrected chi connectivity index (χ1v) is 10.2. The molecule has 0 saturated heterocycles. The van der Waals surface area contributed by atoms with Gasteiger partial charge in [0.15, 0.2) is 0 Å². The Kier molecular flexibility index (Phi) is 4.26. The molecule has 0 bridgehead atoms. The van der Waals surface area contributed by atoms with Crippen molar-refractivity contribution in [3.63, 3.8) is 0 Å². The highest BCUT2D eigenvalue weighted by atomic mass is 16.1. The van der Waals surface area contributed by atoms with Gasteiger partial charge < -0.3 is 10.3 Å². The van der Waals surface area contributed by atoms with Crippen LogP contribution in [0.25, 0.3) is 10.9 Å². The van der Waals surface area contributed by atoms with Crippen LogP contribution in [-0.2, 0) is 12.8 Å². The number of amides is 1. The molecular weight excluding hydrogens is 352 g/mol. The van der Waals surface area contributed by atoms with E-state index in [-0.39, 0.29) is 23.6 Å². The van der Waals surface area contributed by atoms with Crippen LogP contribution in [0.5, 0.6) is 0 Å². The quantitative estimate of drug-likeness (QED) is 0.737. The molecule has 5 rings (SSSR count). The maximum absolute atomic E-state index is 12.6. The predicted molar refractivity (Wildman–Crippen MR) is 108 cm³/mol. The molecule has 6 nitrogen and oxygen atoms in total. The van der Waals surface area contributed by atoms with Gasteiger partial charge in [-0.15, -0.1) is 0 Å². The Morgan fingerprint density at radius 3 is 2.82 bits per heavy atom. The summed E-state index contributed by atoms with van der Waals surface area (Å²) in [4.78, 5) is 28.2. The topological polar surface area (TPSA) is 79.8 Å². The van der Waals surface area contributed by atoms with Crippen molar-refractivity contribution in [2.45, 2.75) is 57.0 Å². The Morgan fingerprint density at radius 2 is 1.96 bits per heavy atom. The molecule has 0 spiro atoms. The van der Waals surface area contributed by atoms with Crippen molar-refractivity contribution in [1.29, 1.82) is 0 Å². The van der Waals surface area contributed by atoms with Crippen molar-refractivity contribution < 1.29 is 4.79 Å². The number of aromatic amines is 1. The first-order chi connectivity index (χ1) is 13.7. The van der Waals surface area contributed by atoms with Gasteiger partial charge in [-0.05, 0) is 74.8 Å². The monoisotopic (exact) mass is 376 g/mol. The lowest BCUT2D eigenvalue weighted by Crippen LogP contribution is -2.39. The molecule has 3 aromatic rings. The molecule has 0 radical (unpaired) electrons. The van der Waals surface area contributed by atoms with Crippen LogP contribution in [0.15, 0.2) is 41.3 Å². The van der Waals surface area contributed by atoms with E-state index in [1.165, 1.54) is 0 Å². The molecule has 144 valence electrons. The third kappa shape index (κ3) is 3.13. The van der Waals surface area contributed by atoms with Gasteiger partial charge in [-0.1, -0.05) is 0 Å². The Morgan fingerprint density at radius 1 is 1.11 bits per heavy atom. The van der Waals surface area contributed by atoms with E-state index in [2.05, 4.69) is 15.4 Å². The van der Waals surface area contributed by atoms with Crippen molar-refractivity contribution >= 4 is 16.8 Å². The smallest absolute Gasteiger partial charge is 0.267 e. The molecule has 1 aromatic carbocycles. The zero-order valence-corrected chi connectivity index (χ0v) is 15.8. The molecule has 1 amide bonds. The minimum absolute atomic E-state index is 0.0212. The molecule has 1 saturated carbocycles. The van der Waals surface area contributed by atoms with Crippen LogP contribution in [0.4, 0.5) is 0 Å². The number of aromatic nitrogens is 3. The Labute approximate surface area is 163 Å². The summed E-state index contributed by atoms with van der Waals surface area (Å²) in [5.74, 6) is -0.0284.